The third-order valence-electron chi connectivity index (χ3n) is 2.93. The summed E-state index contributed by atoms with van der Waals surface area (Å²) in [6, 6.07) is 4.31. The third-order valence-corrected chi connectivity index (χ3v) is 3.42. The van der Waals surface area contributed by atoms with Crippen molar-refractivity contribution in [1.82, 2.24) is 9.78 Å². The molecule has 116 valence electrons. The molecule has 0 fully saturated rings. The molecule has 1 aromatic carbocycles. The molecule has 0 aliphatic heterocycles. The molecule has 0 saturated heterocycles. The second-order valence-corrected chi connectivity index (χ2v) is 5.61. The first-order chi connectivity index (χ1) is 10.4. The summed E-state index contributed by atoms with van der Waals surface area (Å²) in [6.07, 6.45) is 2.35. The number of halogens is 2. The molecule has 7 nitrogen and oxygen atoms in total. The fraction of sp³-hybridized carbons (Fsp3) is 0.231. The standard InChI is InChI=1S/C13H12BrFN4O3/c1-8(6-18-7-10(5-16-18)19(21)22)13(20)17-12-3-2-9(14)4-11(12)15/h2-5,7-8H,6H2,1H3,(H,17,20). The van der Waals surface area contributed by atoms with Crippen LogP contribution in [0.4, 0.5) is 15.8 Å². The Kier molecular flexibility index (Phi) is 4.86. The van der Waals surface area contributed by atoms with Gasteiger partial charge in [0.1, 0.15) is 18.2 Å². The zero-order valence-electron chi connectivity index (χ0n) is 11.5. The Hall–Kier alpha value is -2.29. The molecule has 2 rings (SSSR count). The predicted octanol–water partition coefficient (Wildman–Crippen LogP) is 2.97. The van der Waals surface area contributed by atoms with Crippen molar-refractivity contribution in [3.8, 4) is 0 Å². The van der Waals surface area contributed by atoms with Crippen LogP contribution in [-0.4, -0.2) is 20.6 Å². The Morgan fingerprint density at radius 1 is 1.59 bits per heavy atom. The summed E-state index contributed by atoms with van der Waals surface area (Å²) < 4.78 is 15.5. The highest BCUT2D eigenvalue weighted by Crippen LogP contribution is 2.20. The van der Waals surface area contributed by atoms with Gasteiger partial charge in [-0.15, -0.1) is 0 Å². The van der Waals surface area contributed by atoms with Crippen LogP contribution in [0.1, 0.15) is 6.92 Å². The molecule has 2 aromatic rings. The van der Waals surface area contributed by atoms with E-state index in [0.29, 0.717) is 4.47 Å². The smallest absolute Gasteiger partial charge is 0.306 e. The van der Waals surface area contributed by atoms with Crippen molar-refractivity contribution in [3.63, 3.8) is 0 Å². The molecule has 22 heavy (non-hydrogen) atoms. The fourth-order valence-electron chi connectivity index (χ4n) is 1.76. The maximum atomic E-state index is 13.7. The predicted molar refractivity (Wildman–Crippen MR) is 80.8 cm³/mol. The van der Waals surface area contributed by atoms with Crippen LogP contribution in [0.15, 0.2) is 35.1 Å². The SMILES string of the molecule is CC(Cn1cc([N+](=O)[O-])cn1)C(=O)Nc1ccc(Br)cc1F. The van der Waals surface area contributed by atoms with E-state index >= 15 is 0 Å². The highest BCUT2D eigenvalue weighted by molar-refractivity contribution is 9.10. The van der Waals surface area contributed by atoms with Gasteiger partial charge in [0.15, 0.2) is 0 Å². The van der Waals surface area contributed by atoms with E-state index in [1.807, 2.05) is 0 Å². The fourth-order valence-corrected chi connectivity index (χ4v) is 2.09. The largest absolute Gasteiger partial charge is 0.323 e. The molecular formula is C13H12BrFN4O3. The summed E-state index contributed by atoms with van der Waals surface area (Å²) in [5.74, 6) is -1.49. The highest BCUT2D eigenvalue weighted by atomic mass is 79.9. The van der Waals surface area contributed by atoms with E-state index in [1.165, 1.54) is 23.0 Å². The van der Waals surface area contributed by atoms with Crippen molar-refractivity contribution in [2.45, 2.75) is 13.5 Å². The van der Waals surface area contributed by atoms with Crippen LogP contribution < -0.4 is 5.32 Å². The van der Waals surface area contributed by atoms with Crippen LogP contribution in [0.3, 0.4) is 0 Å². The van der Waals surface area contributed by atoms with Gasteiger partial charge in [-0.3, -0.25) is 19.6 Å². The van der Waals surface area contributed by atoms with E-state index in [1.54, 1.807) is 13.0 Å². The Balaban J connectivity index is 2.00. The van der Waals surface area contributed by atoms with Crippen LogP contribution in [0.25, 0.3) is 0 Å². The Labute approximate surface area is 133 Å². The number of carbonyl (C=O) groups is 1. The average Bonchev–Trinajstić information content (AvgIpc) is 2.90. The van der Waals surface area contributed by atoms with Gasteiger partial charge >= 0.3 is 5.69 Å². The molecule has 1 heterocycles. The number of benzene rings is 1. The molecule has 1 amide bonds. The molecule has 9 heteroatoms. The number of hydrogen-bond acceptors (Lipinski definition) is 4. The van der Waals surface area contributed by atoms with E-state index < -0.39 is 22.6 Å². The van der Waals surface area contributed by atoms with Crippen molar-refractivity contribution in [2.75, 3.05) is 5.32 Å². The van der Waals surface area contributed by atoms with Gasteiger partial charge in [-0.25, -0.2) is 4.39 Å². The number of hydrogen-bond donors (Lipinski definition) is 1. The summed E-state index contributed by atoms with van der Waals surface area (Å²) in [6.45, 7) is 1.78. The first-order valence-electron chi connectivity index (χ1n) is 6.29. The number of rotatable bonds is 5. The van der Waals surface area contributed by atoms with E-state index in [4.69, 9.17) is 0 Å². The molecule has 1 atom stereocenters. The lowest BCUT2D eigenvalue weighted by atomic mass is 10.1. The molecule has 1 N–H and O–H groups in total. The zero-order chi connectivity index (χ0) is 16.3. The lowest BCUT2D eigenvalue weighted by molar-refractivity contribution is -0.385. The van der Waals surface area contributed by atoms with Gasteiger partial charge in [-0.2, -0.15) is 5.10 Å². The van der Waals surface area contributed by atoms with Gasteiger partial charge in [0.05, 0.1) is 23.1 Å². The Bertz CT molecular complexity index is 719. The number of nitrogens with one attached hydrogen (secondary N) is 1. The molecule has 0 aliphatic carbocycles. The quantitative estimate of drug-likeness (QED) is 0.646. The monoisotopic (exact) mass is 370 g/mol. The minimum absolute atomic E-state index is 0.0755. The van der Waals surface area contributed by atoms with Gasteiger partial charge in [0.2, 0.25) is 5.91 Å². The zero-order valence-corrected chi connectivity index (χ0v) is 13.1. The van der Waals surface area contributed by atoms with E-state index in [2.05, 4.69) is 26.3 Å². The van der Waals surface area contributed by atoms with E-state index in [0.717, 1.165) is 6.20 Å². The van der Waals surface area contributed by atoms with Crippen molar-refractivity contribution in [1.29, 1.82) is 0 Å². The van der Waals surface area contributed by atoms with Crippen molar-refractivity contribution in [3.05, 3.63) is 51.0 Å². The number of anilines is 1. The number of amides is 1. The van der Waals surface area contributed by atoms with Crippen LogP contribution in [0.2, 0.25) is 0 Å². The summed E-state index contributed by atoms with van der Waals surface area (Å²) >= 11 is 3.13. The maximum Gasteiger partial charge on any atom is 0.306 e. The molecule has 0 radical (unpaired) electrons. The summed E-state index contributed by atoms with van der Waals surface area (Å²) in [5, 5.41) is 16.9. The number of carbonyl (C=O) groups excluding carboxylic acids is 1. The van der Waals surface area contributed by atoms with Crippen LogP contribution in [-0.2, 0) is 11.3 Å². The first kappa shape index (κ1) is 16.1. The topological polar surface area (TPSA) is 90.1 Å². The second-order valence-electron chi connectivity index (χ2n) is 4.69. The van der Waals surface area contributed by atoms with Crippen molar-refractivity contribution >= 4 is 33.2 Å². The minimum Gasteiger partial charge on any atom is -0.323 e. The lowest BCUT2D eigenvalue weighted by Gasteiger charge is -2.12. The van der Waals surface area contributed by atoms with Gasteiger partial charge < -0.3 is 5.32 Å². The Morgan fingerprint density at radius 2 is 2.32 bits per heavy atom. The van der Waals surface area contributed by atoms with Gasteiger partial charge in [0.25, 0.3) is 0 Å². The normalized spacial score (nSPS) is 12.0. The van der Waals surface area contributed by atoms with Crippen LogP contribution >= 0.6 is 15.9 Å². The molecule has 0 saturated carbocycles. The van der Waals surface area contributed by atoms with Crippen LogP contribution in [0.5, 0.6) is 0 Å². The molecule has 1 aromatic heterocycles. The van der Waals surface area contributed by atoms with Gasteiger partial charge in [-0.1, -0.05) is 22.9 Å². The number of nitrogens with zero attached hydrogens (tertiary/aromatic N) is 3. The number of nitro groups is 1. The highest BCUT2D eigenvalue weighted by Gasteiger charge is 2.17. The Morgan fingerprint density at radius 3 is 2.91 bits per heavy atom. The van der Waals surface area contributed by atoms with Crippen molar-refractivity contribution in [2.24, 2.45) is 5.92 Å². The summed E-state index contributed by atoms with van der Waals surface area (Å²) in [5.41, 5.74) is -0.0712. The minimum atomic E-state index is -0.564. The summed E-state index contributed by atoms with van der Waals surface area (Å²) in [7, 11) is 0. The average molecular weight is 371 g/mol. The first-order valence-corrected chi connectivity index (χ1v) is 7.09. The van der Waals surface area contributed by atoms with Crippen LogP contribution in [0, 0.1) is 21.8 Å². The molecule has 0 bridgehead atoms. The molecule has 0 spiro atoms. The third kappa shape index (κ3) is 3.88. The summed E-state index contributed by atoms with van der Waals surface area (Å²) in [4.78, 5) is 22.0. The van der Waals surface area contributed by atoms with E-state index in [-0.39, 0.29) is 17.9 Å². The molecule has 1 unspecified atom stereocenters. The lowest BCUT2D eigenvalue weighted by Crippen LogP contribution is -2.25. The molecular weight excluding hydrogens is 359 g/mol. The molecule has 0 aliphatic rings. The van der Waals surface area contributed by atoms with Gasteiger partial charge in [0, 0.05) is 4.47 Å². The van der Waals surface area contributed by atoms with Gasteiger partial charge in [-0.05, 0) is 18.2 Å². The maximum absolute atomic E-state index is 13.7. The second kappa shape index (κ2) is 6.65. The van der Waals surface area contributed by atoms with Crippen molar-refractivity contribution < 1.29 is 14.1 Å². The number of aromatic nitrogens is 2. The van der Waals surface area contributed by atoms with E-state index in [9.17, 15) is 19.3 Å².